The van der Waals surface area contributed by atoms with Gasteiger partial charge in [0.1, 0.15) is 11.3 Å². The molecule has 0 amide bonds. The van der Waals surface area contributed by atoms with Gasteiger partial charge in [0.25, 0.3) is 0 Å². The third-order valence-corrected chi connectivity index (χ3v) is 4.50. The molecule has 2 aromatic heterocycles. The van der Waals surface area contributed by atoms with Crippen molar-refractivity contribution in [3.05, 3.63) is 71.3 Å². The minimum Gasteiger partial charge on any atom is -0.459 e. The smallest absolute Gasteiger partial charge is 0.247 e. The van der Waals surface area contributed by atoms with Crippen LogP contribution in [-0.4, -0.2) is 22.1 Å². The third-order valence-electron chi connectivity index (χ3n) is 4.50. The Morgan fingerprint density at radius 1 is 0.923 bits per heavy atom. The highest BCUT2D eigenvalue weighted by Crippen LogP contribution is 2.27. The van der Waals surface area contributed by atoms with Crippen LogP contribution in [0.15, 0.2) is 57.4 Å². The summed E-state index contributed by atoms with van der Waals surface area (Å²) in [5.74, 6) is 2.11. The maximum atomic E-state index is 6.03. The fourth-order valence-electron chi connectivity index (χ4n) is 3.08. The standard InChI is InChI=1S/C21H21N3O2/c1-14-9-10-18-17(11-14)15(2)19(25-18)12-24(3)13-20-22-23-21(26-20)16-7-5-4-6-8-16/h4-11H,12-13H2,1-3H3. The predicted molar refractivity (Wildman–Crippen MR) is 101 cm³/mol. The van der Waals surface area contributed by atoms with E-state index in [1.807, 2.05) is 43.4 Å². The molecule has 0 aliphatic heterocycles. The number of furan rings is 1. The molecule has 4 aromatic rings. The molecule has 0 aliphatic rings. The summed E-state index contributed by atoms with van der Waals surface area (Å²) in [4.78, 5) is 2.11. The van der Waals surface area contributed by atoms with Gasteiger partial charge in [-0.3, -0.25) is 4.90 Å². The Balaban J connectivity index is 1.48. The Morgan fingerprint density at radius 2 is 1.73 bits per heavy atom. The molecule has 0 spiro atoms. The first-order valence-electron chi connectivity index (χ1n) is 8.65. The monoisotopic (exact) mass is 347 g/mol. The van der Waals surface area contributed by atoms with Crippen molar-refractivity contribution in [2.45, 2.75) is 26.9 Å². The Kier molecular flexibility index (Phi) is 4.31. The topological polar surface area (TPSA) is 55.3 Å². The molecule has 2 heterocycles. The van der Waals surface area contributed by atoms with Crippen LogP contribution in [0, 0.1) is 13.8 Å². The van der Waals surface area contributed by atoms with Crippen LogP contribution in [-0.2, 0) is 13.1 Å². The minimum absolute atomic E-state index is 0.546. The fraction of sp³-hybridized carbons (Fsp3) is 0.238. The lowest BCUT2D eigenvalue weighted by molar-refractivity contribution is 0.262. The summed E-state index contributed by atoms with van der Waals surface area (Å²) in [6.45, 7) is 5.45. The van der Waals surface area contributed by atoms with Crippen LogP contribution in [0.25, 0.3) is 22.4 Å². The zero-order valence-corrected chi connectivity index (χ0v) is 15.2. The van der Waals surface area contributed by atoms with Gasteiger partial charge in [-0.15, -0.1) is 10.2 Å². The van der Waals surface area contributed by atoms with Crippen molar-refractivity contribution in [2.24, 2.45) is 0 Å². The molecule has 0 bridgehead atoms. The summed E-state index contributed by atoms with van der Waals surface area (Å²) < 4.78 is 11.8. The van der Waals surface area contributed by atoms with Gasteiger partial charge in [-0.1, -0.05) is 29.8 Å². The van der Waals surface area contributed by atoms with Gasteiger partial charge in [-0.05, 0) is 50.7 Å². The molecule has 0 radical (unpaired) electrons. The molecule has 5 nitrogen and oxygen atoms in total. The van der Waals surface area contributed by atoms with Crippen LogP contribution in [0.5, 0.6) is 0 Å². The number of hydrogen-bond acceptors (Lipinski definition) is 5. The molecule has 0 aliphatic carbocycles. The van der Waals surface area contributed by atoms with E-state index in [9.17, 15) is 0 Å². The molecule has 0 unspecified atom stereocenters. The van der Waals surface area contributed by atoms with E-state index in [1.54, 1.807) is 0 Å². The third kappa shape index (κ3) is 3.26. The van der Waals surface area contributed by atoms with Crippen molar-refractivity contribution in [1.29, 1.82) is 0 Å². The SMILES string of the molecule is Cc1ccc2oc(CN(C)Cc3nnc(-c4ccccc4)o3)c(C)c2c1. The van der Waals surface area contributed by atoms with E-state index in [2.05, 4.69) is 41.1 Å². The number of hydrogen-bond donors (Lipinski definition) is 0. The highest BCUT2D eigenvalue weighted by Gasteiger charge is 2.15. The van der Waals surface area contributed by atoms with Crippen LogP contribution in [0.4, 0.5) is 0 Å². The highest BCUT2D eigenvalue weighted by atomic mass is 16.4. The zero-order valence-electron chi connectivity index (χ0n) is 15.2. The predicted octanol–water partition coefficient (Wildman–Crippen LogP) is 4.73. The first kappa shape index (κ1) is 16.5. The Hall–Kier alpha value is -2.92. The van der Waals surface area contributed by atoms with Crippen LogP contribution < -0.4 is 0 Å². The van der Waals surface area contributed by atoms with E-state index in [4.69, 9.17) is 8.83 Å². The maximum Gasteiger partial charge on any atom is 0.247 e. The summed E-state index contributed by atoms with van der Waals surface area (Å²) in [5, 5.41) is 9.48. The molecular formula is C21H21N3O2. The quantitative estimate of drug-likeness (QED) is 0.522. The second kappa shape index (κ2) is 6.77. The number of nitrogens with zero attached hydrogens (tertiary/aromatic N) is 3. The molecule has 0 saturated carbocycles. The van der Waals surface area contributed by atoms with Crippen LogP contribution in [0.2, 0.25) is 0 Å². The summed E-state index contributed by atoms with van der Waals surface area (Å²) >= 11 is 0. The second-order valence-corrected chi connectivity index (χ2v) is 6.69. The number of rotatable bonds is 5. The van der Waals surface area contributed by atoms with E-state index in [0.29, 0.717) is 24.9 Å². The lowest BCUT2D eigenvalue weighted by atomic mass is 10.1. The minimum atomic E-state index is 0.546. The summed E-state index contributed by atoms with van der Waals surface area (Å²) in [6.07, 6.45) is 0. The number of aryl methyl sites for hydroxylation is 2. The number of aromatic nitrogens is 2. The zero-order chi connectivity index (χ0) is 18.1. The Morgan fingerprint density at radius 3 is 2.54 bits per heavy atom. The molecule has 4 rings (SSSR count). The van der Waals surface area contributed by atoms with Crippen LogP contribution in [0.1, 0.15) is 22.8 Å². The van der Waals surface area contributed by atoms with Gasteiger partial charge in [0, 0.05) is 10.9 Å². The summed E-state index contributed by atoms with van der Waals surface area (Å²) in [7, 11) is 2.02. The molecule has 0 fully saturated rings. The molecular weight excluding hydrogens is 326 g/mol. The summed E-state index contributed by atoms with van der Waals surface area (Å²) in [6, 6.07) is 16.1. The average molecular weight is 347 g/mol. The normalized spacial score (nSPS) is 11.5. The van der Waals surface area contributed by atoms with Crippen LogP contribution >= 0.6 is 0 Å². The van der Waals surface area contributed by atoms with Gasteiger partial charge in [0.2, 0.25) is 11.8 Å². The number of fused-ring (bicyclic) bond motifs is 1. The van der Waals surface area contributed by atoms with Crippen LogP contribution in [0.3, 0.4) is 0 Å². The molecule has 132 valence electrons. The largest absolute Gasteiger partial charge is 0.459 e. The van der Waals surface area contributed by atoms with E-state index >= 15 is 0 Å². The van der Waals surface area contributed by atoms with E-state index in [0.717, 1.165) is 16.9 Å². The van der Waals surface area contributed by atoms with E-state index in [-0.39, 0.29) is 0 Å². The Bertz CT molecular complexity index is 1030. The molecule has 0 saturated heterocycles. The fourth-order valence-corrected chi connectivity index (χ4v) is 3.08. The highest BCUT2D eigenvalue weighted by molar-refractivity contribution is 5.82. The van der Waals surface area contributed by atoms with Crippen molar-refractivity contribution in [3.63, 3.8) is 0 Å². The maximum absolute atomic E-state index is 6.03. The van der Waals surface area contributed by atoms with Crippen molar-refractivity contribution < 1.29 is 8.83 Å². The first-order chi connectivity index (χ1) is 12.6. The first-order valence-corrected chi connectivity index (χ1v) is 8.65. The Labute approximate surface area is 152 Å². The summed E-state index contributed by atoms with van der Waals surface area (Å²) in [5.41, 5.74) is 4.28. The molecule has 0 N–H and O–H groups in total. The van der Waals surface area contributed by atoms with Crippen molar-refractivity contribution in [1.82, 2.24) is 15.1 Å². The van der Waals surface area contributed by atoms with Gasteiger partial charge >= 0.3 is 0 Å². The van der Waals surface area contributed by atoms with E-state index < -0.39 is 0 Å². The average Bonchev–Trinajstić information content (AvgIpc) is 3.22. The van der Waals surface area contributed by atoms with Crippen molar-refractivity contribution >= 4 is 11.0 Å². The lowest BCUT2D eigenvalue weighted by Crippen LogP contribution is -2.17. The van der Waals surface area contributed by atoms with Crippen molar-refractivity contribution in [3.8, 4) is 11.5 Å². The molecule has 2 aromatic carbocycles. The van der Waals surface area contributed by atoms with Crippen molar-refractivity contribution in [2.75, 3.05) is 7.05 Å². The second-order valence-electron chi connectivity index (χ2n) is 6.69. The lowest BCUT2D eigenvalue weighted by Gasteiger charge is -2.12. The molecule has 0 atom stereocenters. The van der Waals surface area contributed by atoms with Gasteiger partial charge in [0.15, 0.2) is 0 Å². The molecule has 26 heavy (non-hydrogen) atoms. The van der Waals surface area contributed by atoms with Gasteiger partial charge < -0.3 is 8.83 Å². The van der Waals surface area contributed by atoms with E-state index in [1.165, 1.54) is 16.5 Å². The number of benzene rings is 2. The van der Waals surface area contributed by atoms with Gasteiger partial charge in [-0.25, -0.2) is 0 Å². The van der Waals surface area contributed by atoms with Gasteiger partial charge in [-0.2, -0.15) is 0 Å². The molecule has 5 heteroatoms. The van der Waals surface area contributed by atoms with Gasteiger partial charge in [0.05, 0.1) is 13.1 Å².